The summed E-state index contributed by atoms with van der Waals surface area (Å²) in [7, 11) is 0. The number of hydrogen-bond acceptors (Lipinski definition) is 6. The summed E-state index contributed by atoms with van der Waals surface area (Å²) in [6, 6.07) is 8.59. The summed E-state index contributed by atoms with van der Waals surface area (Å²) in [5, 5.41) is 13.9. The molecule has 3 rings (SSSR count). The third-order valence-corrected chi connectivity index (χ3v) is 2.79. The molecule has 20 heavy (non-hydrogen) atoms. The number of non-ortho nitro benzene ring substituents is 1. The van der Waals surface area contributed by atoms with Gasteiger partial charge in [-0.1, -0.05) is 6.07 Å². The number of anilines is 1. The molecule has 0 spiro atoms. The van der Waals surface area contributed by atoms with Crippen molar-refractivity contribution in [1.29, 1.82) is 0 Å². The van der Waals surface area contributed by atoms with E-state index in [0.29, 0.717) is 12.1 Å². The minimum Gasteiger partial charge on any atom is -0.423 e. The van der Waals surface area contributed by atoms with E-state index < -0.39 is 4.92 Å². The monoisotopic (exact) mass is 270 g/mol. The highest BCUT2D eigenvalue weighted by molar-refractivity contribution is 5.83. The molecule has 1 aromatic carbocycles. The van der Waals surface area contributed by atoms with E-state index in [1.807, 2.05) is 12.1 Å². The Labute approximate surface area is 113 Å². The van der Waals surface area contributed by atoms with Gasteiger partial charge in [0, 0.05) is 25.0 Å². The number of benzene rings is 1. The highest BCUT2D eigenvalue weighted by atomic mass is 16.6. The second kappa shape index (κ2) is 4.96. The van der Waals surface area contributed by atoms with E-state index in [1.54, 1.807) is 24.5 Å². The molecular formula is C13H10N4O3. The van der Waals surface area contributed by atoms with Crippen LogP contribution < -0.4 is 5.32 Å². The summed E-state index contributed by atoms with van der Waals surface area (Å²) in [5.74, 6) is 0. The minimum absolute atomic E-state index is 0.0665. The van der Waals surface area contributed by atoms with Crippen LogP contribution in [0.5, 0.6) is 0 Å². The molecule has 2 aromatic heterocycles. The standard InChI is InChI=1S/C13H10N4O3/c18-17(19)10-2-1-3-11-12(10)16-13(20-11)15-8-9-4-6-14-7-5-9/h1-7H,8H2,(H,15,16). The lowest BCUT2D eigenvalue weighted by Gasteiger charge is -2.00. The maximum absolute atomic E-state index is 10.9. The van der Waals surface area contributed by atoms with E-state index in [-0.39, 0.29) is 17.2 Å². The second-order valence-corrected chi connectivity index (χ2v) is 4.11. The predicted molar refractivity (Wildman–Crippen MR) is 72.2 cm³/mol. The number of oxazole rings is 1. The molecule has 0 fully saturated rings. The Bertz CT molecular complexity index is 755. The lowest BCUT2D eigenvalue weighted by Crippen LogP contribution is -1.99. The Kier molecular flexibility index (Phi) is 3.00. The first-order valence-electron chi connectivity index (χ1n) is 5.91. The molecule has 3 aromatic rings. The van der Waals surface area contributed by atoms with Crippen LogP contribution in [0.25, 0.3) is 11.1 Å². The van der Waals surface area contributed by atoms with E-state index in [1.165, 1.54) is 6.07 Å². The number of para-hydroxylation sites is 1. The van der Waals surface area contributed by atoms with Gasteiger partial charge in [-0.2, -0.15) is 4.98 Å². The zero-order chi connectivity index (χ0) is 13.9. The van der Waals surface area contributed by atoms with Crippen molar-refractivity contribution in [3.63, 3.8) is 0 Å². The van der Waals surface area contributed by atoms with E-state index in [2.05, 4.69) is 15.3 Å². The fourth-order valence-corrected chi connectivity index (χ4v) is 1.84. The normalized spacial score (nSPS) is 10.6. The number of rotatable bonds is 4. The Balaban J connectivity index is 1.86. The first-order valence-corrected chi connectivity index (χ1v) is 5.91. The van der Waals surface area contributed by atoms with Gasteiger partial charge in [-0.15, -0.1) is 0 Å². The summed E-state index contributed by atoms with van der Waals surface area (Å²) in [6.45, 7) is 0.503. The van der Waals surface area contributed by atoms with Crippen molar-refractivity contribution in [3.05, 3.63) is 58.4 Å². The third kappa shape index (κ3) is 2.28. The van der Waals surface area contributed by atoms with Gasteiger partial charge in [-0.3, -0.25) is 15.1 Å². The molecule has 100 valence electrons. The second-order valence-electron chi connectivity index (χ2n) is 4.11. The van der Waals surface area contributed by atoms with E-state index >= 15 is 0 Å². The molecular weight excluding hydrogens is 260 g/mol. The van der Waals surface area contributed by atoms with Gasteiger partial charge in [-0.05, 0) is 23.8 Å². The number of nitrogens with one attached hydrogen (secondary N) is 1. The van der Waals surface area contributed by atoms with Crippen LogP contribution in [0.1, 0.15) is 5.56 Å². The topological polar surface area (TPSA) is 94.1 Å². The zero-order valence-corrected chi connectivity index (χ0v) is 10.3. The molecule has 0 aliphatic heterocycles. The van der Waals surface area contributed by atoms with Crippen molar-refractivity contribution in [2.24, 2.45) is 0 Å². The smallest absolute Gasteiger partial charge is 0.298 e. The predicted octanol–water partition coefficient (Wildman–Crippen LogP) is 2.74. The Hall–Kier alpha value is -2.96. The van der Waals surface area contributed by atoms with Gasteiger partial charge < -0.3 is 9.73 Å². The van der Waals surface area contributed by atoms with Gasteiger partial charge in [0.2, 0.25) is 0 Å². The molecule has 0 saturated heterocycles. The molecule has 7 heteroatoms. The molecule has 0 radical (unpaired) electrons. The lowest BCUT2D eigenvalue weighted by atomic mass is 10.3. The van der Waals surface area contributed by atoms with Gasteiger partial charge in [-0.25, -0.2) is 0 Å². The fraction of sp³-hybridized carbons (Fsp3) is 0.0769. The van der Waals surface area contributed by atoms with Crippen LogP contribution >= 0.6 is 0 Å². The van der Waals surface area contributed by atoms with Gasteiger partial charge in [0.25, 0.3) is 11.7 Å². The van der Waals surface area contributed by atoms with Crippen LogP contribution in [0.4, 0.5) is 11.7 Å². The summed E-state index contributed by atoms with van der Waals surface area (Å²) in [4.78, 5) is 18.5. The van der Waals surface area contributed by atoms with Gasteiger partial charge >= 0.3 is 0 Å². The highest BCUT2D eigenvalue weighted by Gasteiger charge is 2.17. The van der Waals surface area contributed by atoms with Gasteiger partial charge in [0.05, 0.1) is 4.92 Å². The van der Waals surface area contributed by atoms with Crippen LogP contribution in [0, 0.1) is 10.1 Å². The Morgan fingerprint density at radius 2 is 2.05 bits per heavy atom. The summed E-state index contributed by atoms with van der Waals surface area (Å²) >= 11 is 0. The summed E-state index contributed by atoms with van der Waals surface area (Å²) in [5.41, 5.74) is 1.58. The Morgan fingerprint density at radius 3 is 2.80 bits per heavy atom. The van der Waals surface area contributed by atoms with Crippen LogP contribution in [0.3, 0.4) is 0 Å². The number of nitro groups is 1. The first-order chi connectivity index (χ1) is 9.74. The van der Waals surface area contributed by atoms with Crippen LogP contribution in [-0.4, -0.2) is 14.9 Å². The number of aromatic nitrogens is 2. The molecule has 0 unspecified atom stereocenters. The van der Waals surface area contributed by atoms with Crippen molar-refractivity contribution in [2.75, 3.05) is 5.32 Å². The largest absolute Gasteiger partial charge is 0.423 e. The van der Waals surface area contributed by atoms with Crippen LogP contribution in [-0.2, 0) is 6.54 Å². The zero-order valence-electron chi connectivity index (χ0n) is 10.3. The molecule has 0 aliphatic carbocycles. The van der Waals surface area contributed by atoms with E-state index in [0.717, 1.165) is 5.56 Å². The number of nitrogens with zero attached hydrogens (tertiary/aromatic N) is 3. The molecule has 0 atom stereocenters. The Morgan fingerprint density at radius 1 is 1.25 bits per heavy atom. The molecule has 0 bridgehead atoms. The maximum Gasteiger partial charge on any atom is 0.298 e. The van der Waals surface area contributed by atoms with Crippen molar-refractivity contribution in [2.45, 2.75) is 6.54 Å². The summed E-state index contributed by atoms with van der Waals surface area (Å²) in [6.07, 6.45) is 3.38. The SMILES string of the molecule is O=[N+]([O-])c1cccc2oc(NCc3ccncc3)nc12. The summed E-state index contributed by atoms with van der Waals surface area (Å²) < 4.78 is 5.44. The molecule has 7 nitrogen and oxygen atoms in total. The van der Waals surface area contributed by atoms with Crippen molar-refractivity contribution in [3.8, 4) is 0 Å². The average Bonchev–Trinajstić information content (AvgIpc) is 2.88. The van der Waals surface area contributed by atoms with Gasteiger partial charge in [0.15, 0.2) is 11.1 Å². The third-order valence-electron chi connectivity index (χ3n) is 2.79. The van der Waals surface area contributed by atoms with E-state index in [4.69, 9.17) is 4.42 Å². The van der Waals surface area contributed by atoms with Crippen molar-refractivity contribution < 1.29 is 9.34 Å². The molecule has 0 aliphatic rings. The lowest BCUT2D eigenvalue weighted by molar-refractivity contribution is -0.383. The van der Waals surface area contributed by atoms with Crippen molar-refractivity contribution in [1.82, 2.24) is 9.97 Å². The average molecular weight is 270 g/mol. The number of fused-ring (bicyclic) bond motifs is 1. The quantitative estimate of drug-likeness (QED) is 0.578. The highest BCUT2D eigenvalue weighted by Crippen LogP contribution is 2.27. The fourth-order valence-electron chi connectivity index (χ4n) is 1.84. The van der Waals surface area contributed by atoms with Gasteiger partial charge in [0.1, 0.15) is 0 Å². The molecule has 2 heterocycles. The molecule has 1 N–H and O–H groups in total. The van der Waals surface area contributed by atoms with E-state index in [9.17, 15) is 10.1 Å². The van der Waals surface area contributed by atoms with Crippen molar-refractivity contribution >= 4 is 22.8 Å². The minimum atomic E-state index is -0.475. The number of pyridine rings is 1. The van der Waals surface area contributed by atoms with Crippen LogP contribution in [0.15, 0.2) is 47.1 Å². The number of nitro benzene ring substituents is 1. The molecule has 0 saturated carbocycles. The first kappa shape index (κ1) is 12.1. The maximum atomic E-state index is 10.9. The number of hydrogen-bond donors (Lipinski definition) is 1. The molecule has 0 amide bonds. The van der Waals surface area contributed by atoms with Crippen LogP contribution in [0.2, 0.25) is 0 Å².